The maximum atomic E-state index is 14.4. The smallest absolute Gasteiger partial charge is 0.249 e. The first kappa shape index (κ1) is 19.5. The summed E-state index contributed by atoms with van der Waals surface area (Å²) >= 11 is 7.67. The summed E-state index contributed by atoms with van der Waals surface area (Å²) in [6.07, 6.45) is 0.820. The van der Waals surface area contributed by atoms with Crippen LogP contribution in [0.4, 0.5) is 4.39 Å². The zero-order valence-corrected chi connectivity index (χ0v) is 16.2. The Morgan fingerprint density at radius 3 is 2.75 bits per heavy atom. The van der Waals surface area contributed by atoms with E-state index in [9.17, 15) is 9.18 Å². The Labute approximate surface area is 152 Å². The van der Waals surface area contributed by atoms with Crippen LogP contribution in [0.1, 0.15) is 45.7 Å². The van der Waals surface area contributed by atoms with Crippen molar-refractivity contribution in [2.45, 2.75) is 50.9 Å². The number of ether oxygens (including phenoxy) is 1. The third-order valence-corrected chi connectivity index (χ3v) is 5.67. The molecule has 2 unspecified atom stereocenters. The Hall–Kier alpha value is -0.780. The molecule has 0 aliphatic carbocycles. The van der Waals surface area contributed by atoms with Crippen LogP contribution in [0.3, 0.4) is 0 Å². The van der Waals surface area contributed by atoms with Gasteiger partial charge in [-0.3, -0.25) is 4.79 Å². The van der Waals surface area contributed by atoms with Crippen LogP contribution < -0.4 is 0 Å². The fraction of sp³-hybridized carbons (Fsp3) is 0.611. The lowest BCUT2D eigenvalue weighted by Crippen LogP contribution is -2.51. The van der Waals surface area contributed by atoms with Crippen molar-refractivity contribution < 1.29 is 13.9 Å². The van der Waals surface area contributed by atoms with Gasteiger partial charge in [0.05, 0.1) is 12.6 Å². The molecule has 1 aliphatic heterocycles. The third-order valence-electron chi connectivity index (χ3n) is 4.02. The summed E-state index contributed by atoms with van der Waals surface area (Å²) in [7, 11) is 0. The fourth-order valence-electron chi connectivity index (χ4n) is 2.80. The van der Waals surface area contributed by atoms with Gasteiger partial charge >= 0.3 is 0 Å². The van der Waals surface area contributed by atoms with Crippen molar-refractivity contribution >= 4 is 29.3 Å². The average Bonchev–Trinajstić information content (AvgIpc) is 2.48. The van der Waals surface area contributed by atoms with Gasteiger partial charge in [0.25, 0.3) is 0 Å². The fourth-order valence-corrected chi connectivity index (χ4v) is 4.04. The molecule has 0 aromatic heterocycles. The molecule has 24 heavy (non-hydrogen) atoms. The molecule has 1 fully saturated rings. The van der Waals surface area contributed by atoms with Crippen molar-refractivity contribution in [1.29, 1.82) is 0 Å². The minimum Gasteiger partial charge on any atom is -0.369 e. The van der Waals surface area contributed by atoms with E-state index < -0.39 is 11.9 Å². The van der Waals surface area contributed by atoms with Gasteiger partial charge in [0, 0.05) is 27.1 Å². The van der Waals surface area contributed by atoms with E-state index in [0.29, 0.717) is 17.2 Å². The monoisotopic (exact) mass is 373 g/mol. The van der Waals surface area contributed by atoms with Crippen LogP contribution in [0.5, 0.6) is 0 Å². The highest BCUT2D eigenvalue weighted by Gasteiger charge is 2.36. The largest absolute Gasteiger partial charge is 0.369 e. The lowest BCUT2D eigenvalue weighted by molar-refractivity contribution is -0.151. The molecule has 1 heterocycles. The van der Waals surface area contributed by atoms with Crippen LogP contribution in [0.2, 0.25) is 5.02 Å². The first-order chi connectivity index (χ1) is 11.2. The zero-order valence-electron chi connectivity index (χ0n) is 14.6. The lowest BCUT2D eigenvalue weighted by atomic mass is 10.0. The summed E-state index contributed by atoms with van der Waals surface area (Å²) in [5, 5.41) is 0.348. The molecule has 3 nitrogen and oxygen atoms in total. The van der Waals surface area contributed by atoms with Crippen LogP contribution >= 0.6 is 23.4 Å². The van der Waals surface area contributed by atoms with Gasteiger partial charge in [0.2, 0.25) is 5.91 Å². The van der Waals surface area contributed by atoms with E-state index in [-0.39, 0.29) is 23.3 Å². The molecule has 6 heteroatoms. The van der Waals surface area contributed by atoms with Gasteiger partial charge < -0.3 is 9.64 Å². The van der Waals surface area contributed by atoms with E-state index in [2.05, 4.69) is 27.7 Å². The summed E-state index contributed by atoms with van der Waals surface area (Å²) in [4.78, 5) is 14.3. The number of carbonyl (C=O) groups is 1. The first-order valence-electron chi connectivity index (χ1n) is 8.20. The number of amides is 1. The van der Waals surface area contributed by atoms with Crippen molar-refractivity contribution in [3.05, 3.63) is 34.6 Å². The number of benzene rings is 1. The van der Waals surface area contributed by atoms with Gasteiger partial charge in [-0.15, -0.1) is 0 Å². The molecule has 1 saturated heterocycles. The zero-order chi connectivity index (χ0) is 17.9. The van der Waals surface area contributed by atoms with Gasteiger partial charge in [0.1, 0.15) is 12.4 Å². The molecule has 134 valence electrons. The molecule has 1 aromatic rings. The van der Waals surface area contributed by atoms with Crippen LogP contribution in [0.25, 0.3) is 0 Å². The highest BCUT2D eigenvalue weighted by atomic mass is 35.5. The molecule has 0 bridgehead atoms. The number of halogens is 2. The number of nitrogens with zero attached hydrogens (tertiary/aromatic N) is 1. The molecule has 1 aliphatic rings. The van der Waals surface area contributed by atoms with E-state index in [4.69, 9.17) is 16.3 Å². The molecule has 0 radical (unpaired) electrons. The predicted octanol–water partition coefficient (Wildman–Crippen LogP) is 4.69. The molecule has 0 saturated carbocycles. The van der Waals surface area contributed by atoms with Gasteiger partial charge in [-0.1, -0.05) is 45.4 Å². The van der Waals surface area contributed by atoms with Crippen LogP contribution in [-0.2, 0) is 9.53 Å². The maximum Gasteiger partial charge on any atom is 0.249 e. The highest BCUT2D eigenvalue weighted by Crippen LogP contribution is 2.33. The van der Waals surface area contributed by atoms with Gasteiger partial charge in [0.15, 0.2) is 0 Å². The summed E-state index contributed by atoms with van der Waals surface area (Å²) in [5.74, 6) is 0.341. The number of morpholine rings is 1. The summed E-state index contributed by atoms with van der Waals surface area (Å²) in [6.45, 7) is 8.89. The molecule has 2 rings (SSSR count). The Morgan fingerprint density at radius 2 is 2.17 bits per heavy atom. The minimum absolute atomic E-state index is 0.0469. The van der Waals surface area contributed by atoms with Gasteiger partial charge in [-0.05, 0) is 18.6 Å². The van der Waals surface area contributed by atoms with Crippen molar-refractivity contribution in [2.24, 2.45) is 0 Å². The summed E-state index contributed by atoms with van der Waals surface area (Å²) in [5.41, 5.74) is 0.464. The number of carbonyl (C=O) groups excluding carboxylic acids is 1. The van der Waals surface area contributed by atoms with E-state index in [1.54, 1.807) is 12.1 Å². The third kappa shape index (κ3) is 4.87. The highest BCUT2D eigenvalue weighted by molar-refractivity contribution is 8.00. The first-order valence-corrected chi connectivity index (χ1v) is 9.57. The van der Waals surface area contributed by atoms with Crippen molar-refractivity contribution in [1.82, 2.24) is 4.90 Å². The summed E-state index contributed by atoms with van der Waals surface area (Å²) < 4.78 is 19.9. The molecule has 1 aromatic carbocycles. The number of rotatable bonds is 5. The molecule has 1 amide bonds. The molecule has 2 atom stereocenters. The molecular weight excluding hydrogens is 349 g/mol. The SMILES string of the molecule is CCC(CSC(C)(C)C)N1C(=O)COCC1c1ccc(Cl)cc1F. The quantitative estimate of drug-likeness (QED) is 0.749. The number of hydrogen-bond acceptors (Lipinski definition) is 3. The van der Waals surface area contributed by atoms with E-state index in [1.165, 1.54) is 6.07 Å². The van der Waals surface area contributed by atoms with E-state index in [0.717, 1.165) is 12.2 Å². The summed E-state index contributed by atoms with van der Waals surface area (Å²) in [6, 6.07) is 4.24. The lowest BCUT2D eigenvalue weighted by Gasteiger charge is -2.41. The Morgan fingerprint density at radius 1 is 1.46 bits per heavy atom. The van der Waals surface area contributed by atoms with Crippen LogP contribution in [-0.4, -0.2) is 40.6 Å². The Kier molecular flexibility index (Phi) is 6.57. The van der Waals surface area contributed by atoms with Crippen LogP contribution in [0, 0.1) is 5.82 Å². The second kappa shape index (κ2) is 8.07. The van der Waals surface area contributed by atoms with Crippen molar-refractivity contribution in [2.75, 3.05) is 19.0 Å². The predicted molar refractivity (Wildman–Crippen MR) is 98.1 cm³/mol. The standard InChI is InChI=1S/C18H25ClFNO2S/c1-5-13(11-24-18(2,3)4)21-16(9-23-10-17(21)22)14-7-6-12(19)8-15(14)20/h6-8,13,16H,5,9-11H2,1-4H3. The van der Waals surface area contributed by atoms with Gasteiger partial charge in [-0.2, -0.15) is 11.8 Å². The second-order valence-electron chi connectivity index (χ2n) is 6.98. The van der Waals surface area contributed by atoms with E-state index in [1.807, 2.05) is 16.7 Å². The number of thioether (sulfide) groups is 1. The molecule has 0 N–H and O–H groups in total. The minimum atomic E-state index is -0.408. The maximum absolute atomic E-state index is 14.4. The van der Waals surface area contributed by atoms with Gasteiger partial charge in [-0.25, -0.2) is 4.39 Å². The van der Waals surface area contributed by atoms with Crippen LogP contribution in [0.15, 0.2) is 18.2 Å². The topological polar surface area (TPSA) is 29.5 Å². The molecular formula is C18H25ClFNO2S. The van der Waals surface area contributed by atoms with E-state index >= 15 is 0 Å². The Balaban J connectivity index is 2.29. The second-order valence-corrected chi connectivity index (χ2v) is 9.27. The molecule has 0 spiro atoms. The van der Waals surface area contributed by atoms with Crippen molar-refractivity contribution in [3.63, 3.8) is 0 Å². The average molecular weight is 374 g/mol. The van der Waals surface area contributed by atoms with Crippen molar-refractivity contribution in [3.8, 4) is 0 Å². The Bertz CT molecular complexity index is 591. The number of hydrogen-bond donors (Lipinski definition) is 0. The normalized spacial score (nSPS) is 20.3.